The van der Waals surface area contributed by atoms with Crippen molar-refractivity contribution in [3.63, 3.8) is 0 Å². The monoisotopic (exact) mass is 407 g/mol. The van der Waals surface area contributed by atoms with Crippen LogP contribution < -0.4 is 10.1 Å². The number of aromatic nitrogens is 4. The molecule has 0 saturated heterocycles. The summed E-state index contributed by atoms with van der Waals surface area (Å²) in [6.45, 7) is 0. The first-order valence-corrected chi connectivity index (χ1v) is 9.17. The SMILES string of the molecule is COc1ccc(-c2noc(CCC(=O)Nc3ccc(-n4ccnc4)c(F)c3)n2)cc1. The van der Waals surface area contributed by atoms with Gasteiger partial charge in [-0.3, -0.25) is 4.79 Å². The summed E-state index contributed by atoms with van der Waals surface area (Å²) in [6.07, 6.45) is 5.09. The first-order chi connectivity index (χ1) is 14.6. The molecule has 1 N–H and O–H groups in total. The molecule has 30 heavy (non-hydrogen) atoms. The van der Waals surface area contributed by atoms with Crippen LogP contribution in [0.4, 0.5) is 10.1 Å². The molecule has 0 saturated carbocycles. The molecule has 2 heterocycles. The van der Waals surface area contributed by atoms with E-state index < -0.39 is 5.82 Å². The Kier molecular flexibility index (Phi) is 5.51. The Balaban J connectivity index is 1.34. The lowest BCUT2D eigenvalue weighted by Crippen LogP contribution is -2.12. The molecule has 0 fully saturated rings. The van der Waals surface area contributed by atoms with Gasteiger partial charge >= 0.3 is 0 Å². The van der Waals surface area contributed by atoms with E-state index >= 15 is 0 Å². The van der Waals surface area contributed by atoms with E-state index in [-0.39, 0.29) is 18.7 Å². The molecular weight excluding hydrogens is 389 g/mol. The third kappa shape index (κ3) is 4.35. The van der Waals surface area contributed by atoms with Crippen LogP contribution in [-0.4, -0.2) is 32.7 Å². The van der Waals surface area contributed by atoms with Crippen LogP contribution in [0.1, 0.15) is 12.3 Å². The van der Waals surface area contributed by atoms with E-state index in [1.165, 1.54) is 12.4 Å². The number of hydrogen-bond donors (Lipinski definition) is 1. The smallest absolute Gasteiger partial charge is 0.227 e. The van der Waals surface area contributed by atoms with E-state index in [9.17, 15) is 9.18 Å². The highest BCUT2D eigenvalue weighted by Gasteiger charge is 2.12. The van der Waals surface area contributed by atoms with Gasteiger partial charge in [0, 0.05) is 36.5 Å². The molecule has 4 aromatic rings. The van der Waals surface area contributed by atoms with Crippen LogP contribution in [0, 0.1) is 5.82 Å². The highest BCUT2D eigenvalue weighted by Crippen LogP contribution is 2.21. The first-order valence-electron chi connectivity index (χ1n) is 9.17. The van der Waals surface area contributed by atoms with Gasteiger partial charge in [-0.15, -0.1) is 0 Å². The molecule has 9 heteroatoms. The van der Waals surface area contributed by atoms with Crippen LogP contribution in [0.15, 0.2) is 65.7 Å². The maximum absolute atomic E-state index is 14.3. The molecular formula is C21H18FN5O3. The fourth-order valence-corrected chi connectivity index (χ4v) is 2.85. The van der Waals surface area contributed by atoms with Crippen molar-refractivity contribution in [1.82, 2.24) is 19.7 Å². The summed E-state index contributed by atoms with van der Waals surface area (Å²) in [5.74, 6) is 0.761. The van der Waals surface area contributed by atoms with Gasteiger partial charge in [-0.25, -0.2) is 9.37 Å². The van der Waals surface area contributed by atoms with Gasteiger partial charge in [-0.2, -0.15) is 4.98 Å². The van der Waals surface area contributed by atoms with E-state index in [1.807, 2.05) is 12.1 Å². The molecule has 2 aromatic carbocycles. The second-order valence-electron chi connectivity index (χ2n) is 6.42. The lowest BCUT2D eigenvalue weighted by Gasteiger charge is -2.08. The topological polar surface area (TPSA) is 95.1 Å². The lowest BCUT2D eigenvalue weighted by molar-refractivity contribution is -0.116. The van der Waals surface area contributed by atoms with Crippen molar-refractivity contribution in [1.29, 1.82) is 0 Å². The second-order valence-corrected chi connectivity index (χ2v) is 6.42. The first kappa shape index (κ1) is 19.3. The van der Waals surface area contributed by atoms with Gasteiger partial charge in [0.05, 0.1) is 19.1 Å². The molecule has 0 aliphatic heterocycles. The van der Waals surface area contributed by atoms with Crippen molar-refractivity contribution in [2.75, 3.05) is 12.4 Å². The summed E-state index contributed by atoms with van der Waals surface area (Å²) in [5, 5.41) is 6.60. The summed E-state index contributed by atoms with van der Waals surface area (Å²) in [7, 11) is 1.59. The number of aryl methyl sites for hydroxylation is 1. The number of nitrogens with one attached hydrogen (secondary N) is 1. The van der Waals surface area contributed by atoms with Crippen molar-refractivity contribution in [3.8, 4) is 22.8 Å². The molecule has 152 valence electrons. The van der Waals surface area contributed by atoms with Gasteiger partial charge in [0.1, 0.15) is 11.6 Å². The van der Waals surface area contributed by atoms with Crippen LogP contribution in [0.2, 0.25) is 0 Å². The summed E-state index contributed by atoms with van der Waals surface area (Å²) < 4.78 is 26.2. The van der Waals surface area contributed by atoms with E-state index in [2.05, 4.69) is 20.4 Å². The fraction of sp³-hybridized carbons (Fsp3) is 0.143. The number of carbonyl (C=O) groups is 1. The summed E-state index contributed by atoms with van der Waals surface area (Å²) in [6, 6.07) is 11.7. The van der Waals surface area contributed by atoms with Crippen LogP contribution >= 0.6 is 0 Å². The molecule has 0 radical (unpaired) electrons. The highest BCUT2D eigenvalue weighted by atomic mass is 19.1. The van der Waals surface area contributed by atoms with E-state index in [0.717, 1.165) is 11.3 Å². The Morgan fingerprint density at radius 3 is 2.77 bits per heavy atom. The minimum absolute atomic E-state index is 0.120. The number of anilines is 1. The van der Waals surface area contributed by atoms with Crippen molar-refractivity contribution < 1.29 is 18.4 Å². The van der Waals surface area contributed by atoms with E-state index in [4.69, 9.17) is 9.26 Å². The maximum atomic E-state index is 14.3. The normalized spacial score (nSPS) is 10.7. The standard InChI is InChI=1S/C21H18FN5O3/c1-29-16-5-2-14(3-6-16)21-25-20(30-26-21)9-8-19(28)24-15-4-7-18(17(22)12-15)27-11-10-23-13-27/h2-7,10-13H,8-9H2,1H3,(H,24,28). The number of carbonyl (C=O) groups excluding carboxylic acids is 1. The van der Waals surface area contributed by atoms with Crippen LogP contribution in [0.25, 0.3) is 17.1 Å². The zero-order valence-electron chi connectivity index (χ0n) is 16.1. The largest absolute Gasteiger partial charge is 0.497 e. The fourth-order valence-electron chi connectivity index (χ4n) is 2.85. The van der Waals surface area contributed by atoms with Gasteiger partial charge < -0.3 is 19.1 Å². The number of amides is 1. The molecule has 0 aliphatic carbocycles. The molecule has 0 atom stereocenters. The van der Waals surface area contributed by atoms with Gasteiger partial charge in [0.2, 0.25) is 17.6 Å². The summed E-state index contributed by atoms with van der Waals surface area (Å²) >= 11 is 0. The minimum atomic E-state index is -0.466. The third-order valence-corrected chi connectivity index (χ3v) is 4.40. The number of imidazole rings is 1. The average molecular weight is 407 g/mol. The molecule has 1 amide bonds. The van der Waals surface area contributed by atoms with Gasteiger partial charge in [-0.05, 0) is 42.5 Å². The minimum Gasteiger partial charge on any atom is -0.497 e. The zero-order valence-corrected chi connectivity index (χ0v) is 16.1. The second kappa shape index (κ2) is 8.56. The Bertz CT molecular complexity index is 1140. The molecule has 0 bridgehead atoms. The Hall–Kier alpha value is -4.01. The predicted octanol–water partition coefficient (Wildman–Crippen LogP) is 3.64. The van der Waals surface area contributed by atoms with Crippen molar-refractivity contribution in [2.24, 2.45) is 0 Å². The van der Waals surface area contributed by atoms with Gasteiger partial charge in [0.15, 0.2) is 0 Å². The number of benzene rings is 2. The van der Waals surface area contributed by atoms with Crippen LogP contribution in [0.3, 0.4) is 0 Å². The molecule has 0 aliphatic rings. The van der Waals surface area contributed by atoms with Gasteiger partial charge in [-0.1, -0.05) is 5.16 Å². The maximum Gasteiger partial charge on any atom is 0.227 e. The summed E-state index contributed by atoms with van der Waals surface area (Å²) in [5.41, 5.74) is 1.50. The number of methoxy groups -OCH3 is 1. The molecule has 8 nitrogen and oxygen atoms in total. The third-order valence-electron chi connectivity index (χ3n) is 4.40. The quantitative estimate of drug-likeness (QED) is 0.503. The van der Waals surface area contributed by atoms with Crippen molar-refractivity contribution in [2.45, 2.75) is 12.8 Å². The highest BCUT2D eigenvalue weighted by molar-refractivity contribution is 5.90. The number of halogens is 1. The molecule has 0 spiro atoms. The Labute approximate surface area is 171 Å². The van der Waals surface area contributed by atoms with Crippen LogP contribution in [0.5, 0.6) is 5.75 Å². The molecule has 2 aromatic heterocycles. The zero-order chi connectivity index (χ0) is 20.9. The Morgan fingerprint density at radius 2 is 2.07 bits per heavy atom. The lowest BCUT2D eigenvalue weighted by atomic mass is 10.2. The van der Waals surface area contributed by atoms with Crippen molar-refractivity contribution >= 4 is 11.6 Å². The van der Waals surface area contributed by atoms with E-state index in [1.54, 1.807) is 48.3 Å². The molecule has 4 rings (SSSR count). The number of ether oxygens (including phenoxy) is 1. The summed E-state index contributed by atoms with van der Waals surface area (Å²) in [4.78, 5) is 20.4. The van der Waals surface area contributed by atoms with Crippen LogP contribution in [-0.2, 0) is 11.2 Å². The number of rotatable bonds is 7. The van der Waals surface area contributed by atoms with Gasteiger partial charge in [0.25, 0.3) is 0 Å². The number of nitrogens with zero attached hydrogens (tertiary/aromatic N) is 4. The number of hydrogen-bond acceptors (Lipinski definition) is 6. The average Bonchev–Trinajstić information content (AvgIpc) is 3.45. The van der Waals surface area contributed by atoms with E-state index in [0.29, 0.717) is 23.1 Å². The van der Waals surface area contributed by atoms with Crippen molar-refractivity contribution in [3.05, 3.63) is 72.9 Å². The molecule has 0 unspecified atom stereocenters. The predicted molar refractivity (Wildman–Crippen MR) is 107 cm³/mol. The Morgan fingerprint density at radius 1 is 1.23 bits per heavy atom.